The van der Waals surface area contributed by atoms with E-state index in [1.807, 2.05) is 18.1 Å². The molecule has 0 radical (unpaired) electrons. The summed E-state index contributed by atoms with van der Waals surface area (Å²) < 4.78 is 24.9. The van der Waals surface area contributed by atoms with Gasteiger partial charge in [0.05, 0.1) is 0 Å². The number of nitrogens with zero attached hydrogens (tertiary/aromatic N) is 1. The van der Waals surface area contributed by atoms with E-state index in [2.05, 4.69) is 10.1 Å². The molecular weight excluding hydrogens is 282 g/mol. The van der Waals surface area contributed by atoms with Crippen molar-refractivity contribution >= 4 is 21.4 Å². The van der Waals surface area contributed by atoms with Crippen molar-refractivity contribution in [2.75, 3.05) is 26.7 Å². The van der Waals surface area contributed by atoms with Crippen LogP contribution in [0.15, 0.2) is 16.3 Å². The molecule has 19 heavy (non-hydrogen) atoms. The second-order valence-corrected chi connectivity index (χ2v) is 7.77. The van der Waals surface area contributed by atoms with Gasteiger partial charge >= 0.3 is 0 Å². The highest BCUT2D eigenvalue weighted by atomic mass is 32.2. The van der Waals surface area contributed by atoms with Gasteiger partial charge in [0.25, 0.3) is 10.0 Å². The highest BCUT2D eigenvalue weighted by Gasteiger charge is 2.21. The van der Waals surface area contributed by atoms with Gasteiger partial charge in [-0.3, -0.25) is 0 Å². The minimum Gasteiger partial charge on any atom is -0.319 e. The summed E-state index contributed by atoms with van der Waals surface area (Å²) in [5.41, 5.74) is 0. The van der Waals surface area contributed by atoms with Crippen molar-refractivity contribution in [1.82, 2.24) is 15.2 Å². The molecule has 2 rings (SSSR count). The molecule has 2 N–H and O–H groups in total. The van der Waals surface area contributed by atoms with E-state index in [0.717, 1.165) is 43.8 Å². The molecule has 0 aliphatic carbocycles. The van der Waals surface area contributed by atoms with Crippen molar-refractivity contribution in [3.8, 4) is 0 Å². The minimum atomic E-state index is -3.39. The van der Waals surface area contributed by atoms with Crippen LogP contribution in [-0.2, 0) is 16.4 Å². The summed E-state index contributed by atoms with van der Waals surface area (Å²) in [6.45, 7) is 2.47. The van der Waals surface area contributed by atoms with E-state index in [4.69, 9.17) is 0 Å². The maximum Gasteiger partial charge on any atom is 0.262 e. The predicted molar refractivity (Wildman–Crippen MR) is 77.7 cm³/mol. The first-order chi connectivity index (χ1) is 9.12. The number of thiophene rings is 1. The van der Waals surface area contributed by atoms with Gasteiger partial charge < -0.3 is 5.32 Å². The Morgan fingerprint density at radius 1 is 1.26 bits per heavy atom. The molecule has 0 aromatic carbocycles. The van der Waals surface area contributed by atoms with E-state index >= 15 is 0 Å². The van der Waals surface area contributed by atoms with E-state index in [1.54, 1.807) is 6.07 Å². The first-order valence-corrected chi connectivity index (χ1v) is 8.92. The molecule has 2 heterocycles. The highest BCUT2D eigenvalue weighted by molar-refractivity contribution is 7.91. The molecule has 0 amide bonds. The van der Waals surface area contributed by atoms with E-state index in [0.29, 0.717) is 4.21 Å². The zero-order valence-corrected chi connectivity index (χ0v) is 12.8. The Hall–Kier alpha value is -0.470. The van der Waals surface area contributed by atoms with Gasteiger partial charge in [0.1, 0.15) is 4.21 Å². The van der Waals surface area contributed by atoms with Crippen molar-refractivity contribution in [1.29, 1.82) is 0 Å². The third kappa shape index (κ3) is 4.25. The Morgan fingerprint density at radius 2 is 2.00 bits per heavy atom. The van der Waals surface area contributed by atoms with Crippen molar-refractivity contribution in [2.45, 2.75) is 29.9 Å². The van der Waals surface area contributed by atoms with Crippen molar-refractivity contribution < 1.29 is 8.42 Å². The predicted octanol–water partition coefficient (Wildman–Crippen LogP) is 1.19. The van der Waals surface area contributed by atoms with Gasteiger partial charge in [0.2, 0.25) is 0 Å². The molecule has 7 heteroatoms. The average molecular weight is 303 g/mol. The fourth-order valence-electron chi connectivity index (χ4n) is 2.09. The molecule has 0 atom stereocenters. The maximum absolute atomic E-state index is 12.2. The van der Waals surface area contributed by atoms with Gasteiger partial charge in [-0.1, -0.05) is 6.42 Å². The van der Waals surface area contributed by atoms with Crippen LogP contribution in [0.4, 0.5) is 0 Å². The maximum atomic E-state index is 12.2. The largest absolute Gasteiger partial charge is 0.319 e. The lowest BCUT2D eigenvalue weighted by Gasteiger charge is -2.26. The van der Waals surface area contributed by atoms with E-state index in [1.165, 1.54) is 17.8 Å². The van der Waals surface area contributed by atoms with Crippen molar-refractivity contribution in [3.05, 3.63) is 17.0 Å². The second-order valence-electron chi connectivity index (χ2n) is 4.72. The lowest BCUT2D eigenvalue weighted by atomic mass is 10.2. The summed E-state index contributed by atoms with van der Waals surface area (Å²) in [4.78, 5) is 3.77. The van der Waals surface area contributed by atoms with Crippen LogP contribution in [0.25, 0.3) is 0 Å². The molecule has 1 aliphatic heterocycles. The number of hydrogen-bond acceptors (Lipinski definition) is 5. The molecular formula is C12H21N3O2S2. The average Bonchev–Trinajstić information content (AvgIpc) is 2.86. The smallest absolute Gasteiger partial charge is 0.262 e. The summed E-state index contributed by atoms with van der Waals surface area (Å²) in [5.74, 6) is 0. The summed E-state index contributed by atoms with van der Waals surface area (Å²) in [6.07, 6.45) is 4.16. The van der Waals surface area contributed by atoms with Crippen LogP contribution in [0, 0.1) is 0 Å². The van der Waals surface area contributed by atoms with Crippen LogP contribution in [0.1, 0.15) is 24.1 Å². The van der Waals surface area contributed by atoms with Crippen molar-refractivity contribution in [3.63, 3.8) is 0 Å². The van der Waals surface area contributed by atoms with Crippen LogP contribution >= 0.6 is 11.3 Å². The molecule has 1 fully saturated rings. The molecule has 0 spiro atoms. The zero-order chi connectivity index (χ0) is 13.7. The van der Waals surface area contributed by atoms with Crippen LogP contribution in [0.3, 0.4) is 0 Å². The lowest BCUT2D eigenvalue weighted by Crippen LogP contribution is -2.44. The topological polar surface area (TPSA) is 61.4 Å². The van der Waals surface area contributed by atoms with Gasteiger partial charge in [-0.05, 0) is 45.0 Å². The number of sulfonamides is 1. The Bertz CT molecular complexity index is 493. The standard InChI is InChI=1S/C12H21N3O2S2/c1-13-8-7-11-5-6-12(18-11)19(16,17)14-15-9-3-2-4-10-15/h5-6,13-14H,2-4,7-10H2,1H3. The SMILES string of the molecule is CNCCc1ccc(S(=O)(=O)NN2CCCCC2)s1. The number of hydrazine groups is 1. The van der Waals surface area contributed by atoms with E-state index in [-0.39, 0.29) is 0 Å². The quantitative estimate of drug-likeness (QED) is 0.829. The first-order valence-electron chi connectivity index (χ1n) is 6.62. The van der Waals surface area contributed by atoms with Gasteiger partial charge in [0.15, 0.2) is 0 Å². The Morgan fingerprint density at radius 3 is 2.68 bits per heavy atom. The molecule has 0 bridgehead atoms. The number of nitrogens with one attached hydrogen (secondary N) is 2. The van der Waals surface area contributed by atoms with Gasteiger partial charge in [-0.15, -0.1) is 16.2 Å². The monoisotopic (exact) mass is 303 g/mol. The van der Waals surface area contributed by atoms with E-state index < -0.39 is 10.0 Å². The fraction of sp³-hybridized carbons (Fsp3) is 0.667. The molecule has 1 saturated heterocycles. The number of rotatable bonds is 6. The molecule has 1 aliphatic rings. The second kappa shape index (κ2) is 6.81. The number of hydrogen-bond donors (Lipinski definition) is 2. The summed E-state index contributed by atoms with van der Waals surface area (Å²) >= 11 is 1.35. The summed E-state index contributed by atoms with van der Waals surface area (Å²) in [6, 6.07) is 3.59. The Kier molecular flexibility index (Phi) is 5.35. The van der Waals surface area contributed by atoms with Crippen LogP contribution in [-0.4, -0.2) is 40.1 Å². The van der Waals surface area contributed by atoms with Gasteiger partial charge in [0, 0.05) is 18.0 Å². The lowest BCUT2D eigenvalue weighted by molar-refractivity contribution is 0.200. The van der Waals surface area contributed by atoms with Crippen LogP contribution in [0.2, 0.25) is 0 Å². The normalized spacial score (nSPS) is 17.7. The Labute approximate surface area is 119 Å². The summed E-state index contributed by atoms with van der Waals surface area (Å²) in [7, 11) is -1.50. The molecule has 108 valence electrons. The molecule has 1 aromatic rings. The molecule has 5 nitrogen and oxygen atoms in total. The molecule has 0 unspecified atom stereocenters. The highest BCUT2D eigenvalue weighted by Crippen LogP contribution is 2.22. The minimum absolute atomic E-state index is 0.407. The van der Waals surface area contributed by atoms with Crippen molar-refractivity contribution in [2.24, 2.45) is 0 Å². The number of likely N-dealkylation sites (N-methyl/N-ethyl adjacent to an activating group) is 1. The summed E-state index contributed by atoms with van der Waals surface area (Å²) in [5, 5.41) is 4.87. The van der Waals surface area contributed by atoms with Crippen LogP contribution < -0.4 is 10.1 Å². The fourth-order valence-corrected chi connectivity index (χ4v) is 4.55. The molecule has 0 saturated carbocycles. The van der Waals surface area contributed by atoms with Gasteiger partial charge in [-0.25, -0.2) is 13.4 Å². The zero-order valence-electron chi connectivity index (χ0n) is 11.2. The van der Waals surface area contributed by atoms with E-state index in [9.17, 15) is 8.42 Å². The van der Waals surface area contributed by atoms with Crippen LogP contribution in [0.5, 0.6) is 0 Å². The van der Waals surface area contributed by atoms with Gasteiger partial charge in [-0.2, -0.15) is 0 Å². The third-order valence-corrected chi connectivity index (χ3v) is 6.14. The number of piperidine rings is 1. The first kappa shape index (κ1) is 14.9. The molecule has 1 aromatic heterocycles. The third-order valence-electron chi connectivity index (χ3n) is 3.13. The Balaban J connectivity index is 1.99.